The summed E-state index contributed by atoms with van der Waals surface area (Å²) in [5, 5.41) is 14.9. The van der Waals surface area contributed by atoms with Gasteiger partial charge in [0.25, 0.3) is 0 Å². The van der Waals surface area contributed by atoms with E-state index in [2.05, 4.69) is 50.7 Å². The second-order valence-corrected chi connectivity index (χ2v) is 11.8. The number of rotatable bonds is 14. The molecule has 1 aliphatic rings. The predicted octanol–water partition coefficient (Wildman–Crippen LogP) is 5.02. The molecular formula is C39H49FN6O4S. The third-order valence-corrected chi connectivity index (χ3v) is 8.14. The molecule has 0 atom stereocenters. The monoisotopic (exact) mass is 716 g/mol. The van der Waals surface area contributed by atoms with Gasteiger partial charge >= 0.3 is 0 Å². The number of aldehydes is 2. The number of hydrogen-bond donors (Lipinski definition) is 4. The molecule has 4 rings (SSSR count). The summed E-state index contributed by atoms with van der Waals surface area (Å²) in [5.74, 6) is 0.0989. The van der Waals surface area contributed by atoms with Crippen molar-refractivity contribution in [2.75, 3.05) is 58.2 Å². The number of carbonyl (C=O) groups excluding carboxylic acids is 3. The van der Waals surface area contributed by atoms with Crippen LogP contribution in [0.2, 0.25) is 0 Å². The van der Waals surface area contributed by atoms with Crippen LogP contribution in [0.1, 0.15) is 50.7 Å². The molecule has 0 aromatic heterocycles. The molecule has 1 heterocycles. The van der Waals surface area contributed by atoms with Crippen molar-refractivity contribution in [3.05, 3.63) is 118 Å². The standard InChI is InChI=1S/C34H38FN5O2.C3H7NO.C2H4OS/c1-25-31(23-41)6-4-8-33(25)28(7-5-14-37-2)19-29-10-9-26(18-34(29)35)22-39-15-16-40(24-39)32-12-11-30(21-36)27(20-32)13-17-42-38-3;1-3(5)4-2;3-1-2-4/h4-12,14,18,20,23,37-38H,13,15-17,19,22,24H2,1-3H3;1-2H3,(H,4,5);1,4H,2H2/b14-5?,28-7-;;. The fourth-order valence-electron chi connectivity index (χ4n) is 5.27. The van der Waals surface area contributed by atoms with Crippen LogP contribution in [0.5, 0.6) is 0 Å². The van der Waals surface area contributed by atoms with Gasteiger partial charge in [0.2, 0.25) is 5.91 Å². The number of nitriles is 1. The summed E-state index contributed by atoms with van der Waals surface area (Å²) in [4.78, 5) is 40.1. The van der Waals surface area contributed by atoms with Crippen molar-refractivity contribution >= 4 is 42.4 Å². The molecule has 1 fully saturated rings. The molecule has 272 valence electrons. The first-order valence-electron chi connectivity index (χ1n) is 16.5. The number of thiol groups is 1. The zero-order valence-electron chi connectivity index (χ0n) is 30.0. The average molecular weight is 717 g/mol. The number of amides is 1. The number of halogens is 1. The first-order valence-corrected chi connectivity index (χ1v) is 17.2. The lowest BCUT2D eigenvalue weighted by molar-refractivity contribution is -0.118. The maximum Gasteiger partial charge on any atom is 0.216 e. The first-order chi connectivity index (χ1) is 24.6. The molecule has 3 aromatic rings. The van der Waals surface area contributed by atoms with Crippen molar-refractivity contribution in [3.63, 3.8) is 0 Å². The molecule has 10 nitrogen and oxygen atoms in total. The number of hydroxylamine groups is 1. The molecule has 1 saturated heterocycles. The Labute approximate surface area is 306 Å². The number of benzene rings is 3. The van der Waals surface area contributed by atoms with Crippen LogP contribution in [0.4, 0.5) is 10.1 Å². The molecule has 0 spiro atoms. The minimum atomic E-state index is -0.239. The van der Waals surface area contributed by atoms with E-state index < -0.39 is 0 Å². The van der Waals surface area contributed by atoms with Gasteiger partial charge in [-0.2, -0.15) is 17.9 Å². The SMILES string of the molecule is CNC(C)=O.CNC=C/C=C(/Cc1ccc(CN2CCN(c3ccc(C#N)c(CCONC)c3)C2)cc1F)c1cccc(C=O)c1C.O=CCS. The van der Waals surface area contributed by atoms with E-state index in [1.807, 2.05) is 68.7 Å². The Morgan fingerprint density at radius 2 is 1.82 bits per heavy atom. The minimum absolute atomic E-state index is 0.00463. The molecule has 1 aliphatic heterocycles. The predicted molar refractivity (Wildman–Crippen MR) is 205 cm³/mol. The van der Waals surface area contributed by atoms with E-state index in [0.717, 1.165) is 65.8 Å². The fourth-order valence-corrected chi connectivity index (χ4v) is 5.27. The molecule has 51 heavy (non-hydrogen) atoms. The van der Waals surface area contributed by atoms with Gasteiger partial charge < -0.3 is 25.2 Å². The molecule has 1 amide bonds. The number of allylic oxidation sites excluding steroid dienone is 3. The Balaban J connectivity index is 0.000000893. The number of nitrogens with zero attached hydrogens (tertiary/aromatic N) is 3. The molecular weight excluding hydrogens is 668 g/mol. The minimum Gasteiger partial charge on any atom is -0.394 e. The van der Waals surface area contributed by atoms with Crippen LogP contribution in [0.3, 0.4) is 0 Å². The van der Waals surface area contributed by atoms with Gasteiger partial charge in [-0.25, -0.2) is 9.87 Å². The van der Waals surface area contributed by atoms with E-state index in [1.165, 1.54) is 6.92 Å². The molecule has 3 N–H and O–H groups in total. The van der Waals surface area contributed by atoms with Gasteiger partial charge in [-0.15, -0.1) is 0 Å². The van der Waals surface area contributed by atoms with Gasteiger partial charge in [0.15, 0.2) is 0 Å². The number of nitrogens with one attached hydrogen (secondary N) is 3. The summed E-state index contributed by atoms with van der Waals surface area (Å²) in [6.07, 6.45) is 8.31. The van der Waals surface area contributed by atoms with Crippen LogP contribution < -0.4 is 21.0 Å². The summed E-state index contributed by atoms with van der Waals surface area (Å²) in [6, 6.07) is 19.3. The molecule has 3 aromatic carbocycles. The van der Waals surface area contributed by atoms with Gasteiger partial charge in [-0.1, -0.05) is 36.4 Å². The maximum absolute atomic E-state index is 15.4. The smallest absolute Gasteiger partial charge is 0.216 e. The zero-order chi connectivity index (χ0) is 37.6. The van der Waals surface area contributed by atoms with Crippen LogP contribution in [-0.2, 0) is 33.8 Å². The second kappa shape index (κ2) is 23.6. The summed E-state index contributed by atoms with van der Waals surface area (Å²) >= 11 is 3.55. The van der Waals surface area contributed by atoms with Crippen molar-refractivity contribution < 1.29 is 23.6 Å². The molecule has 0 radical (unpaired) electrons. The summed E-state index contributed by atoms with van der Waals surface area (Å²) in [6.45, 7) is 6.95. The Kier molecular flexibility index (Phi) is 19.6. The Bertz CT molecular complexity index is 1690. The molecule has 0 saturated carbocycles. The van der Waals surface area contributed by atoms with Gasteiger partial charge in [0.05, 0.1) is 24.9 Å². The number of anilines is 1. The highest BCUT2D eigenvalue weighted by molar-refractivity contribution is 7.80. The van der Waals surface area contributed by atoms with Crippen molar-refractivity contribution in [1.82, 2.24) is 21.0 Å². The first kappa shape index (κ1) is 42.4. The molecule has 0 unspecified atom stereocenters. The van der Waals surface area contributed by atoms with Crippen LogP contribution in [0.25, 0.3) is 5.57 Å². The Morgan fingerprint density at radius 3 is 2.43 bits per heavy atom. The lowest BCUT2D eigenvalue weighted by Crippen LogP contribution is -2.25. The van der Waals surface area contributed by atoms with E-state index in [0.29, 0.717) is 48.4 Å². The van der Waals surface area contributed by atoms with Gasteiger partial charge in [-0.3, -0.25) is 14.5 Å². The largest absolute Gasteiger partial charge is 0.394 e. The van der Waals surface area contributed by atoms with E-state index >= 15 is 4.39 Å². The lowest BCUT2D eigenvalue weighted by atomic mass is 9.91. The van der Waals surface area contributed by atoms with E-state index in [-0.39, 0.29) is 11.7 Å². The van der Waals surface area contributed by atoms with E-state index in [4.69, 9.17) is 9.63 Å². The molecule has 0 bridgehead atoms. The van der Waals surface area contributed by atoms with E-state index in [1.54, 1.807) is 26.2 Å². The summed E-state index contributed by atoms with van der Waals surface area (Å²) in [5.41, 5.74) is 10.3. The van der Waals surface area contributed by atoms with Crippen molar-refractivity contribution in [3.8, 4) is 6.07 Å². The molecule has 12 heteroatoms. The zero-order valence-corrected chi connectivity index (χ0v) is 30.9. The van der Waals surface area contributed by atoms with Crippen LogP contribution in [0.15, 0.2) is 72.9 Å². The lowest BCUT2D eigenvalue weighted by Gasteiger charge is -2.21. The van der Waals surface area contributed by atoms with E-state index in [9.17, 15) is 14.9 Å². The van der Waals surface area contributed by atoms with Crippen molar-refractivity contribution in [2.24, 2.45) is 0 Å². The van der Waals surface area contributed by atoms with Gasteiger partial charge in [0, 0.05) is 71.1 Å². The van der Waals surface area contributed by atoms with Crippen LogP contribution >= 0.6 is 12.6 Å². The van der Waals surface area contributed by atoms with Crippen LogP contribution in [-0.4, -0.2) is 76.6 Å². The highest BCUT2D eigenvalue weighted by Crippen LogP contribution is 2.28. The highest BCUT2D eigenvalue weighted by atomic mass is 32.1. The summed E-state index contributed by atoms with van der Waals surface area (Å²) < 4.78 is 15.4. The third-order valence-electron chi connectivity index (χ3n) is 7.99. The van der Waals surface area contributed by atoms with Gasteiger partial charge in [-0.05, 0) is 83.3 Å². The molecule has 0 aliphatic carbocycles. The van der Waals surface area contributed by atoms with Crippen molar-refractivity contribution in [1.29, 1.82) is 5.26 Å². The third kappa shape index (κ3) is 14.2. The average Bonchev–Trinajstić information content (AvgIpc) is 3.61. The quantitative estimate of drug-likeness (QED) is 0.0599. The topological polar surface area (TPSA) is 127 Å². The Morgan fingerprint density at radius 1 is 1.08 bits per heavy atom. The normalized spacial score (nSPS) is 12.7. The Hall–Kier alpha value is -4.80. The van der Waals surface area contributed by atoms with Gasteiger partial charge in [0.1, 0.15) is 18.4 Å². The fraction of sp³-hybridized carbons (Fsp3) is 0.333. The number of hydrogen-bond acceptors (Lipinski definition) is 10. The van der Waals surface area contributed by atoms with Crippen LogP contribution in [0, 0.1) is 24.1 Å². The van der Waals surface area contributed by atoms with Crippen molar-refractivity contribution in [2.45, 2.75) is 33.2 Å². The highest BCUT2D eigenvalue weighted by Gasteiger charge is 2.22. The second-order valence-electron chi connectivity index (χ2n) is 11.4. The maximum atomic E-state index is 15.4. The number of carbonyl (C=O) groups is 3. The summed E-state index contributed by atoms with van der Waals surface area (Å²) in [7, 11) is 5.14.